The summed E-state index contributed by atoms with van der Waals surface area (Å²) < 4.78 is 1.69. The maximum Gasteiger partial charge on any atom is 0.274 e. The van der Waals surface area contributed by atoms with Crippen LogP contribution in [0, 0.1) is 0 Å². The van der Waals surface area contributed by atoms with Gasteiger partial charge in [0.15, 0.2) is 5.69 Å². The summed E-state index contributed by atoms with van der Waals surface area (Å²) in [7, 11) is 0. The summed E-state index contributed by atoms with van der Waals surface area (Å²) >= 11 is 6.02. The molecule has 2 amide bonds. The molecule has 0 bridgehead atoms. The number of carbonyl (C=O) groups is 2. The molecule has 146 valence electrons. The van der Waals surface area contributed by atoms with E-state index in [0.29, 0.717) is 42.6 Å². The van der Waals surface area contributed by atoms with Crippen molar-refractivity contribution in [2.45, 2.75) is 0 Å². The zero-order chi connectivity index (χ0) is 20.0. The van der Waals surface area contributed by atoms with E-state index in [4.69, 9.17) is 11.6 Å². The Labute approximate surface area is 171 Å². The van der Waals surface area contributed by atoms with Gasteiger partial charge in [0, 0.05) is 48.3 Å². The number of nitrogens with one attached hydrogen (secondary N) is 1. The average molecular weight is 408 g/mol. The van der Waals surface area contributed by atoms with Gasteiger partial charge >= 0.3 is 0 Å². The molecule has 29 heavy (non-hydrogen) atoms. The Bertz CT molecular complexity index is 1200. The normalized spacial score (nSPS) is 14.7. The number of H-pyrrole nitrogens is 1. The summed E-state index contributed by atoms with van der Waals surface area (Å²) in [6.45, 7) is 1.91. The molecule has 1 saturated heterocycles. The number of hydrogen-bond donors (Lipinski definition) is 1. The van der Waals surface area contributed by atoms with E-state index in [0.717, 1.165) is 16.4 Å². The molecule has 0 unspecified atom stereocenters. The first-order valence-electron chi connectivity index (χ1n) is 9.40. The second-order valence-electron chi connectivity index (χ2n) is 7.10. The van der Waals surface area contributed by atoms with Gasteiger partial charge in [-0.25, -0.2) is 4.52 Å². The first-order valence-corrected chi connectivity index (χ1v) is 9.77. The monoisotopic (exact) mass is 407 g/mol. The van der Waals surface area contributed by atoms with Crippen molar-refractivity contribution in [1.29, 1.82) is 0 Å². The molecule has 8 heteroatoms. The van der Waals surface area contributed by atoms with Gasteiger partial charge in [-0.1, -0.05) is 17.7 Å². The summed E-state index contributed by atoms with van der Waals surface area (Å²) in [6, 6.07) is 14.8. The molecule has 1 fully saturated rings. The molecule has 1 aliphatic rings. The molecular formula is C21H18ClN5O2. The fraction of sp³-hybridized carbons (Fsp3) is 0.190. The van der Waals surface area contributed by atoms with E-state index in [9.17, 15) is 9.59 Å². The van der Waals surface area contributed by atoms with Crippen molar-refractivity contribution >= 4 is 39.8 Å². The van der Waals surface area contributed by atoms with Gasteiger partial charge in [-0.3, -0.25) is 9.59 Å². The van der Waals surface area contributed by atoms with E-state index < -0.39 is 0 Å². The summed E-state index contributed by atoms with van der Waals surface area (Å²) in [6.07, 6.45) is 1.82. The SMILES string of the molecule is O=C(c1cc2ccccn2n1)N1CCN(C(=O)c2cc3cc(Cl)ccc3[nH]2)CC1. The molecule has 4 aromatic rings. The number of aromatic nitrogens is 3. The second-order valence-corrected chi connectivity index (χ2v) is 7.54. The minimum absolute atomic E-state index is 0.0721. The fourth-order valence-electron chi connectivity index (χ4n) is 3.71. The maximum atomic E-state index is 12.9. The number of aromatic amines is 1. The smallest absolute Gasteiger partial charge is 0.274 e. The van der Waals surface area contributed by atoms with Crippen LogP contribution >= 0.6 is 11.6 Å². The maximum absolute atomic E-state index is 12.9. The summed E-state index contributed by atoms with van der Waals surface area (Å²) in [5, 5.41) is 5.89. The third kappa shape index (κ3) is 3.23. The van der Waals surface area contributed by atoms with Crippen molar-refractivity contribution in [1.82, 2.24) is 24.4 Å². The van der Waals surface area contributed by atoms with Gasteiger partial charge < -0.3 is 14.8 Å². The highest BCUT2D eigenvalue weighted by Crippen LogP contribution is 2.21. The first kappa shape index (κ1) is 17.8. The van der Waals surface area contributed by atoms with Crippen molar-refractivity contribution in [3.8, 4) is 0 Å². The van der Waals surface area contributed by atoms with Crippen LogP contribution in [-0.4, -0.2) is 62.4 Å². The van der Waals surface area contributed by atoms with Gasteiger partial charge in [0.25, 0.3) is 11.8 Å². The number of carbonyl (C=O) groups excluding carboxylic acids is 2. The number of benzene rings is 1. The van der Waals surface area contributed by atoms with Gasteiger partial charge in [0.05, 0.1) is 5.52 Å². The predicted molar refractivity (Wildman–Crippen MR) is 110 cm³/mol. The van der Waals surface area contributed by atoms with Crippen LogP contribution in [0.15, 0.2) is 54.7 Å². The predicted octanol–water partition coefficient (Wildman–Crippen LogP) is 3.07. The molecule has 7 nitrogen and oxygen atoms in total. The van der Waals surface area contributed by atoms with Crippen LogP contribution in [0.4, 0.5) is 0 Å². The number of fused-ring (bicyclic) bond motifs is 2. The second kappa shape index (κ2) is 6.93. The zero-order valence-corrected chi connectivity index (χ0v) is 16.3. The Balaban J connectivity index is 1.27. The number of halogens is 1. The van der Waals surface area contributed by atoms with E-state index in [-0.39, 0.29) is 11.8 Å². The number of hydrogen-bond acceptors (Lipinski definition) is 3. The third-order valence-corrected chi connectivity index (χ3v) is 5.49. The molecule has 3 aromatic heterocycles. The molecule has 0 radical (unpaired) electrons. The summed E-state index contributed by atoms with van der Waals surface area (Å²) in [5.74, 6) is -0.182. The number of nitrogens with zero attached hydrogens (tertiary/aromatic N) is 4. The highest BCUT2D eigenvalue weighted by Gasteiger charge is 2.27. The van der Waals surface area contributed by atoms with Gasteiger partial charge in [0.2, 0.25) is 0 Å². The third-order valence-electron chi connectivity index (χ3n) is 5.26. The number of pyridine rings is 1. The minimum Gasteiger partial charge on any atom is -0.351 e. The summed E-state index contributed by atoms with van der Waals surface area (Å²) in [5.41, 5.74) is 2.70. The highest BCUT2D eigenvalue weighted by molar-refractivity contribution is 6.31. The lowest BCUT2D eigenvalue weighted by Crippen LogP contribution is -2.50. The van der Waals surface area contributed by atoms with Crippen LogP contribution in [0.3, 0.4) is 0 Å². The lowest BCUT2D eigenvalue weighted by molar-refractivity contribution is 0.0529. The van der Waals surface area contributed by atoms with Crippen LogP contribution in [0.2, 0.25) is 5.02 Å². The Kier molecular flexibility index (Phi) is 4.24. The first-order chi connectivity index (χ1) is 14.1. The van der Waals surface area contributed by atoms with E-state index in [1.165, 1.54) is 0 Å². The van der Waals surface area contributed by atoms with E-state index in [2.05, 4.69) is 10.1 Å². The molecule has 0 aliphatic carbocycles. The molecule has 1 aromatic carbocycles. The van der Waals surface area contributed by atoms with Gasteiger partial charge in [-0.05, 0) is 42.5 Å². The molecule has 1 aliphatic heterocycles. The number of amides is 2. The Morgan fingerprint density at radius 1 is 0.931 bits per heavy atom. The molecule has 0 atom stereocenters. The molecule has 0 saturated carbocycles. The minimum atomic E-state index is -0.110. The Morgan fingerprint density at radius 3 is 2.45 bits per heavy atom. The van der Waals surface area contributed by atoms with Crippen LogP contribution in [-0.2, 0) is 0 Å². The van der Waals surface area contributed by atoms with Gasteiger partial charge in [-0.2, -0.15) is 5.10 Å². The zero-order valence-electron chi connectivity index (χ0n) is 15.5. The Morgan fingerprint density at radius 2 is 1.69 bits per heavy atom. The van der Waals surface area contributed by atoms with E-state index in [1.54, 1.807) is 26.4 Å². The van der Waals surface area contributed by atoms with Crippen molar-refractivity contribution < 1.29 is 9.59 Å². The Hall–Kier alpha value is -3.32. The van der Waals surface area contributed by atoms with Crippen molar-refractivity contribution in [2.75, 3.05) is 26.2 Å². The van der Waals surface area contributed by atoms with Crippen LogP contribution < -0.4 is 0 Å². The lowest BCUT2D eigenvalue weighted by Gasteiger charge is -2.34. The van der Waals surface area contributed by atoms with Crippen LogP contribution in [0.1, 0.15) is 21.0 Å². The van der Waals surface area contributed by atoms with Crippen molar-refractivity contribution in [3.63, 3.8) is 0 Å². The quantitative estimate of drug-likeness (QED) is 0.555. The number of piperazine rings is 1. The topological polar surface area (TPSA) is 73.7 Å². The largest absolute Gasteiger partial charge is 0.351 e. The van der Waals surface area contributed by atoms with Gasteiger partial charge in [0.1, 0.15) is 5.69 Å². The molecule has 0 spiro atoms. The van der Waals surface area contributed by atoms with Crippen LogP contribution in [0.5, 0.6) is 0 Å². The molecule has 5 rings (SSSR count). The molecular weight excluding hydrogens is 390 g/mol. The van der Waals surface area contributed by atoms with Crippen molar-refractivity contribution in [3.05, 3.63) is 71.1 Å². The van der Waals surface area contributed by atoms with Crippen molar-refractivity contribution in [2.24, 2.45) is 0 Å². The molecule has 1 N–H and O–H groups in total. The highest BCUT2D eigenvalue weighted by atomic mass is 35.5. The van der Waals surface area contributed by atoms with Crippen LogP contribution in [0.25, 0.3) is 16.4 Å². The number of rotatable bonds is 2. The average Bonchev–Trinajstić information content (AvgIpc) is 3.36. The fourth-order valence-corrected chi connectivity index (χ4v) is 3.89. The van der Waals surface area contributed by atoms with Gasteiger partial charge in [-0.15, -0.1) is 0 Å². The summed E-state index contributed by atoms with van der Waals surface area (Å²) in [4.78, 5) is 32.3. The van der Waals surface area contributed by atoms with E-state index in [1.807, 2.05) is 42.6 Å². The van der Waals surface area contributed by atoms with E-state index >= 15 is 0 Å². The standard InChI is InChI=1S/C21H18ClN5O2/c22-15-4-5-17-14(11-15)12-18(23-17)20(28)25-7-9-26(10-8-25)21(29)19-13-16-3-1-2-6-27(16)24-19/h1-6,11-13,23H,7-10H2. The lowest BCUT2D eigenvalue weighted by atomic mass is 10.2. The molecule has 4 heterocycles.